The summed E-state index contributed by atoms with van der Waals surface area (Å²) in [5.41, 5.74) is 8.29. The largest absolute Gasteiger partial charge is 0.342 e. The molecule has 3 nitrogen and oxygen atoms in total. The molecule has 0 unspecified atom stereocenters. The molecule has 0 radical (unpaired) electrons. The molecule has 102 valence electrons. The molecule has 0 aromatic heterocycles. The number of nitrogens with two attached hydrogens (primary N) is 1. The van der Waals surface area contributed by atoms with Gasteiger partial charge in [0.1, 0.15) is 0 Å². The third-order valence-corrected chi connectivity index (χ3v) is 4.39. The fourth-order valence-electron chi connectivity index (χ4n) is 3.00. The Hall–Kier alpha value is -1.35. The number of carbonyl (C=O) groups is 1. The maximum absolute atomic E-state index is 12.0. The van der Waals surface area contributed by atoms with E-state index in [0.29, 0.717) is 24.3 Å². The first-order chi connectivity index (χ1) is 9.28. The van der Waals surface area contributed by atoms with Crippen LogP contribution in [0.1, 0.15) is 42.7 Å². The lowest BCUT2D eigenvalue weighted by molar-refractivity contribution is -0.133. The quantitative estimate of drug-likeness (QED) is 0.904. The Kier molecular flexibility index (Phi) is 3.56. The van der Waals surface area contributed by atoms with E-state index in [2.05, 4.69) is 29.2 Å². The Bertz CT molecular complexity index is 460. The lowest BCUT2D eigenvalue weighted by Crippen LogP contribution is -2.38. The van der Waals surface area contributed by atoms with Crippen LogP contribution in [0.4, 0.5) is 0 Å². The van der Waals surface area contributed by atoms with Crippen LogP contribution in [0.25, 0.3) is 0 Å². The second-order valence-electron chi connectivity index (χ2n) is 5.82. The SMILES string of the molecule is NCc1cccc(C2CCN(C(=O)C3CC3)CC2)c1. The molecule has 2 aliphatic rings. The molecular weight excluding hydrogens is 236 g/mol. The Labute approximate surface area is 114 Å². The third-order valence-electron chi connectivity index (χ3n) is 4.39. The maximum atomic E-state index is 12.0. The van der Waals surface area contributed by atoms with Gasteiger partial charge in [-0.3, -0.25) is 4.79 Å². The van der Waals surface area contributed by atoms with Crippen LogP contribution in [0.5, 0.6) is 0 Å². The van der Waals surface area contributed by atoms with E-state index in [0.717, 1.165) is 38.8 Å². The van der Waals surface area contributed by atoms with Crippen molar-refractivity contribution in [2.24, 2.45) is 11.7 Å². The first-order valence-corrected chi connectivity index (χ1v) is 7.35. The second kappa shape index (κ2) is 5.33. The zero-order chi connectivity index (χ0) is 13.2. The summed E-state index contributed by atoms with van der Waals surface area (Å²) in [5.74, 6) is 1.35. The first kappa shape index (κ1) is 12.7. The van der Waals surface area contributed by atoms with Gasteiger partial charge in [0.15, 0.2) is 0 Å². The smallest absolute Gasteiger partial charge is 0.225 e. The number of benzene rings is 1. The van der Waals surface area contributed by atoms with Gasteiger partial charge in [-0.1, -0.05) is 24.3 Å². The van der Waals surface area contributed by atoms with Crippen molar-refractivity contribution in [2.45, 2.75) is 38.1 Å². The molecule has 1 heterocycles. The number of rotatable bonds is 3. The van der Waals surface area contributed by atoms with Crippen molar-refractivity contribution in [3.8, 4) is 0 Å². The van der Waals surface area contributed by atoms with Crippen molar-refractivity contribution in [2.75, 3.05) is 13.1 Å². The molecule has 1 aliphatic carbocycles. The average molecular weight is 258 g/mol. The Morgan fingerprint density at radius 3 is 2.58 bits per heavy atom. The minimum atomic E-state index is 0.358. The summed E-state index contributed by atoms with van der Waals surface area (Å²) in [6.07, 6.45) is 4.40. The zero-order valence-electron chi connectivity index (χ0n) is 11.3. The second-order valence-corrected chi connectivity index (χ2v) is 5.82. The fourth-order valence-corrected chi connectivity index (χ4v) is 3.00. The third kappa shape index (κ3) is 2.81. The highest BCUT2D eigenvalue weighted by Gasteiger charge is 2.35. The molecule has 1 amide bonds. The number of amides is 1. The van der Waals surface area contributed by atoms with E-state index in [9.17, 15) is 4.79 Å². The molecular formula is C16H22N2O. The Morgan fingerprint density at radius 2 is 1.95 bits per heavy atom. The molecule has 0 atom stereocenters. The number of carbonyl (C=O) groups excluding carboxylic acids is 1. The van der Waals surface area contributed by atoms with Crippen molar-refractivity contribution < 1.29 is 4.79 Å². The molecule has 2 N–H and O–H groups in total. The maximum Gasteiger partial charge on any atom is 0.225 e. The van der Waals surface area contributed by atoms with Gasteiger partial charge in [-0.25, -0.2) is 0 Å². The summed E-state index contributed by atoms with van der Waals surface area (Å²) in [4.78, 5) is 14.1. The minimum absolute atomic E-state index is 0.358. The van der Waals surface area contributed by atoms with Crippen LogP contribution in [0.2, 0.25) is 0 Å². The van der Waals surface area contributed by atoms with Crippen molar-refractivity contribution >= 4 is 5.91 Å². The summed E-state index contributed by atoms with van der Waals surface area (Å²) in [6, 6.07) is 8.60. The molecule has 1 aromatic rings. The van der Waals surface area contributed by atoms with Crippen molar-refractivity contribution in [1.29, 1.82) is 0 Å². The molecule has 1 aromatic carbocycles. The van der Waals surface area contributed by atoms with Crippen molar-refractivity contribution in [3.05, 3.63) is 35.4 Å². The van der Waals surface area contributed by atoms with Gasteiger partial charge in [0, 0.05) is 25.6 Å². The van der Waals surface area contributed by atoms with Crippen LogP contribution in [-0.2, 0) is 11.3 Å². The standard InChI is InChI=1S/C16H22N2O/c17-11-12-2-1-3-15(10-12)13-6-8-18(9-7-13)16(19)14-4-5-14/h1-3,10,13-14H,4-9,11,17H2. The summed E-state index contributed by atoms with van der Waals surface area (Å²) >= 11 is 0. The van der Waals surface area contributed by atoms with Crippen LogP contribution < -0.4 is 5.73 Å². The highest BCUT2D eigenvalue weighted by atomic mass is 16.2. The van der Waals surface area contributed by atoms with E-state index < -0.39 is 0 Å². The molecule has 0 spiro atoms. The summed E-state index contributed by atoms with van der Waals surface area (Å²) < 4.78 is 0. The van der Waals surface area contributed by atoms with Gasteiger partial charge in [-0.2, -0.15) is 0 Å². The van der Waals surface area contributed by atoms with Crippen molar-refractivity contribution in [3.63, 3.8) is 0 Å². The Morgan fingerprint density at radius 1 is 1.21 bits per heavy atom. The van der Waals surface area contributed by atoms with Gasteiger partial charge in [-0.05, 0) is 42.7 Å². The average Bonchev–Trinajstić information content (AvgIpc) is 3.31. The predicted octanol–water partition coefficient (Wildman–Crippen LogP) is 2.26. The lowest BCUT2D eigenvalue weighted by atomic mass is 9.88. The zero-order valence-corrected chi connectivity index (χ0v) is 11.3. The van der Waals surface area contributed by atoms with E-state index in [1.54, 1.807) is 0 Å². The minimum Gasteiger partial charge on any atom is -0.342 e. The van der Waals surface area contributed by atoms with E-state index >= 15 is 0 Å². The summed E-state index contributed by atoms with van der Waals surface area (Å²) in [7, 11) is 0. The number of piperidine rings is 1. The molecule has 1 saturated carbocycles. The van der Waals surface area contributed by atoms with E-state index in [1.165, 1.54) is 11.1 Å². The highest BCUT2D eigenvalue weighted by molar-refractivity contribution is 5.81. The summed E-state index contributed by atoms with van der Waals surface area (Å²) in [6.45, 7) is 2.45. The summed E-state index contributed by atoms with van der Waals surface area (Å²) in [5, 5.41) is 0. The normalized spacial score (nSPS) is 20.6. The van der Waals surface area contributed by atoms with Gasteiger partial charge in [0.25, 0.3) is 0 Å². The van der Waals surface area contributed by atoms with Gasteiger partial charge in [0.2, 0.25) is 5.91 Å². The molecule has 0 bridgehead atoms. The van der Waals surface area contributed by atoms with Crippen LogP contribution in [0.15, 0.2) is 24.3 Å². The topological polar surface area (TPSA) is 46.3 Å². The molecule has 2 fully saturated rings. The molecule has 1 saturated heterocycles. The molecule has 3 heteroatoms. The van der Waals surface area contributed by atoms with Crippen molar-refractivity contribution in [1.82, 2.24) is 4.90 Å². The molecule has 3 rings (SSSR count). The van der Waals surface area contributed by atoms with Crippen LogP contribution >= 0.6 is 0 Å². The first-order valence-electron chi connectivity index (χ1n) is 7.35. The van der Waals surface area contributed by atoms with Crippen LogP contribution in [0, 0.1) is 5.92 Å². The van der Waals surface area contributed by atoms with E-state index in [-0.39, 0.29) is 0 Å². The van der Waals surface area contributed by atoms with E-state index in [4.69, 9.17) is 5.73 Å². The number of hydrogen-bond acceptors (Lipinski definition) is 2. The monoisotopic (exact) mass is 258 g/mol. The van der Waals surface area contributed by atoms with Gasteiger partial charge in [-0.15, -0.1) is 0 Å². The lowest BCUT2D eigenvalue weighted by Gasteiger charge is -2.32. The number of nitrogens with zero attached hydrogens (tertiary/aromatic N) is 1. The number of hydrogen-bond donors (Lipinski definition) is 1. The van der Waals surface area contributed by atoms with Crippen LogP contribution in [0.3, 0.4) is 0 Å². The fraction of sp³-hybridized carbons (Fsp3) is 0.562. The van der Waals surface area contributed by atoms with Gasteiger partial charge < -0.3 is 10.6 Å². The van der Waals surface area contributed by atoms with Crippen LogP contribution in [-0.4, -0.2) is 23.9 Å². The van der Waals surface area contributed by atoms with Gasteiger partial charge in [0.05, 0.1) is 0 Å². The molecule has 1 aliphatic heterocycles. The number of likely N-dealkylation sites (tertiary alicyclic amines) is 1. The predicted molar refractivity (Wildman–Crippen MR) is 75.6 cm³/mol. The Balaban J connectivity index is 1.61. The molecule has 19 heavy (non-hydrogen) atoms. The highest BCUT2D eigenvalue weighted by Crippen LogP contribution is 2.34. The van der Waals surface area contributed by atoms with E-state index in [1.807, 2.05) is 0 Å². The van der Waals surface area contributed by atoms with Gasteiger partial charge >= 0.3 is 0 Å².